The number of rotatable bonds is 4. The lowest BCUT2D eigenvalue weighted by Gasteiger charge is -2.05. The molecule has 0 saturated heterocycles. The zero-order valence-electron chi connectivity index (χ0n) is 10.2. The Bertz CT molecular complexity index is 518. The molecule has 0 aliphatic rings. The molecule has 0 spiro atoms. The number of allylic oxidation sites excluding steroid dienone is 1. The van der Waals surface area contributed by atoms with Crippen molar-refractivity contribution in [3.8, 4) is 6.07 Å². The molecule has 0 saturated carbocycles. The summed E-state index contributed by atoms with van der Waals surface area (Å²) in [5.74, 6) is -0.404. The second kappa shape index (κ2) is 6.67. The lowest BCUT2D eigenvalue weighted by atomic mass is 10.1. The summed E-state index contributed by atoms with van der Waals surface area (Å²) >= 11 is 6.06. The van der Waals surface area contributed by atoms with Crippen molar-refractivity contribution in [3.63, 3.8) is 0 Å². The Morgan fingerprint density at radius 3 is 2.89 bits per heavy atom. The minimum atomic E-state index is -0.404. The van der Waals surface area contributed by atoms with Gasteiger partial charge in [0, 0.05) is 16.8 Å². The molecular formula is C13H13ClN2O2. The Morgan fingerprint density at radius 2 is 2.33 bits per heavy atom. The molecule has 0 aromatic heterocycles. The highest BCUT2D eigenvalue weighted by molar-refractivity contribution is 6.32. The largest absolute Gasteiger partial charge is 0.468 e. The highest BCUT2D eigenvalue weighted by atomic mass is 35.5. The summed E-state index contributed by atoms with van der Waals surface area (Å²) < 4.78 is 4.47. The molecule has 1 rings (SSSR count). The van der Waals surface area contributed by atoms with Crippen LogP contribution in [-0.4, -0.2) is 19.6 Å². The summed E-state index contributed by atoms with van der Waals surface area (Å²) in [6.07, 6.45) is 1.45. The molecule has 94 valence electrons. The number of carbonyl (C=O) groups excluding carboxylic acids is 1. The number of hydrogen-bond acceptors (Lipinski definition) is 4. The van der Waals surface area contributed by atoms with Crippen LogP contribution in [0.2, 0.25) is 5.02 Å². The Kier molecular flexibility index (Phi) is 5.22. The maximum absolute atomic E-state index is 10.9. The third-order valence-electron chi connectivity index (χ3n) is 2.26. The van der Waals surface area contributed by atoms with Crippen LogP contribution in [-0.2, 0) is 9.53 Å². The molecule has 0 bridgehead atoms. The fraction of sp³-hybridized carbons (Fsp3) is 0.231. The second-order valence-corrected chi connectivity index (χ2v) is 4.02. The summed E-state index contributed by atoms with van der Waals surface area (Å²) in [7, 11) is 1.30. The van der Waals surface area contributed by atoms with Crippen LogP contribution in [0.25, 0.3) is 5.57 Å². The van der Waals surface area contributed by atoms with Crippen molar-refractivity contribution < 1.29 is 9.53 Å². The summed E-state index contributed by atoms with van der Waals surface area (Å²) in [4.78, 5) is 10.9. The number of nitrogens with zero attached hydrogens (tertiary/aromatic N) is 1. The number of ether oxygens (including phenoxy) is 1. The van der Waals surface area contributed by atoms with Gasteiger partial charge in [0.05, 0.1) is 12.7 Å². The standard InChI is InChI=1S/C13H13ClN2O2/c1-9-3-4-11(12(14)5-9)10(6-15)7-16-8-13(17)18-2/h3-5,7,16H,8H2,1-2H3/b10-7+. The fourth-order valence-electron chi connectivity index (χ4n) is 1.32. The van der Waals surface area contributed by atoms with Crippen molar-refractivity contribution in [3.05, 3.63) is 40.5 Å². The first-order chi connectivity index (χ1) is 8.58. The maximum Gasteiger partial charge on any atom is 0.325 e. The molecule has 0 aliphatic heterocycles. The van der Waals surface area contributed by atoms with Crippen molar-refractivity contribution in [2.24, 2.45) is 0 Å². The van der Waals surface area contributed by atoms with E-state index in [1.807, 2.05) is 19.1 Å². The molecule has 0 radical (unpaired) electrons. The van der Waals surface area contributed by atoms with Crippen LogP contribution in [0, 0.1) is 18.3 Å². The van der Waals surface area contributed by atoms with E-state index in [1.54, 1.807) is 12.1 Å². The molecule has 0 amide bonds. The minimum Gasteiger partial charge on any atom is -0.468 e. The summed E-state index contributed by atoms with van der Waals surface area (Å²) in [6.45, 7) is 1.92. The summed E-state index contributed by atoms with van der Waals surface area (Å²) in [5.41, 5.74) is 2.01. The SMILES string of the molecule is COC(=O)CN/C=C(\C#N)c1ccc(C)cc1Cl. The van der Waals surface area contributed by atoms with Crippen LogP contribution >= 0.6 is 11.6 Å². The number of benzene rings is 1. The average molecular weight is 265 g/mol. The Labute approximate surface area is 111 Å². The number of esters is 1. The van der Waals surface area contributed by atoms with Crippen LogP contribution in [0.3, 0.4) is 0 Å². The van der Waals surface area contributed by atoms with Crippen LogP contribution in [0.5, 0.6) is 0 Å². The van der Waals surface area contributed by atoms with Gasteiger partial charge in [-0.1, -0.05) is 23.7 Å². The average Bonchev–Trinajstić information content (AvgIpc) is 2.35. The molecule has 5 heteroatoms. The lowest BCUT2D eigenvalue weighted by Crippen LogP contribution is -2.19. The van der Waals surface area contributed by atoms with Crippen molar-refractivity contribution in [1.82, 2.24) is 5.32 Å². The van der Waals surface area contributed by atoms with E-state index < -0.39 is 5.97 Å². The first-order valence-corrected chi connectivity index (χ1v) is 5.63. The number of nitriles is 1. The number of hydrogen-bond donors (Lipinski definition) is 1. The number of aryl methyl sites for hydroxylation is 1. The number of methoxy groups -OCH3 is 1. The minimum absolute atomic E-state index is 0.00512. The highest BCUT2D eigenvalue weighted by Crippen LogP contribution is 2.24. The monoisotopic (exact) mass is 264 g/mol. The summed E-state index contributed by atoms with van der Waals surface area (Å²) in [5, 5.41) is 12.3. The van der Waals surface area contributed by atoms with Crippen molar-refractivity contribution in [2.45, 2.75) is 6.92 Å². The molecule has 0 aliphatic carbocycles. The molecule has 18 heavy (non-hydrogen) atoms. The normalized spacial score (nSPS) is 10.7. The predicted molar refractivity (Wildman–Crippen MR) is 69.8 cm³/mol. The highest BCUT2D eigenvalue weighted by Gasteiger charge is 2.06. The van der Waals surface area contributed by atoms with Gasteiger partial charge in [0.2, 0.25) is 0 Å². The molecule has 4 nitrogen and oxygen atoms in total. The van der Waals surface area contributed by atoms with E-state index in [4.69, 9.17) is 16.9 Å². The van der Waals surface area contributed by atoms with Crippen molar-refractivity contribution in [2.75, 3.05) is 13.7 Å². The first kappa shape index (κ1) is 14.1. The number of nitrogens with one attached hydrogen (secondary N) is 1. The Hall–Kier alpha value is -1.99. The van der Waals surface area contributed by atoms with Gasteiger partial charge in [-0.2, -0.15) is 5.26 Å². The van der Waals surface area contributed by atoms with Gasteiger partial charge in [-0.25, -0.2) is 0 Å². The van der Waals surface area contributed by atoms with Gasteiger partial charge in [0.25, 0.3) is 0 Å². The zero-order chi connectivity index (χ0) is 13.5. The molecule has 1 aromatic carbocycles. The molecule has 0 atom stereocenters. The van der Waals surface area contributed by atoms with E-state index in [1.165, 1.54) is 13.3 Å². The van der Waals surface area contributed by atoms with E-state index in [0.717, 1.165) is 5.56 Å². The molecule has 1 aromatic rings. The van der Waals surface area contributed by atoms with Gasteiger partial charge in [0.1, 0.15) is 12.6 Å². The molecular weight excluding hydrogens is 252 g/mol. The predicted octanol–water partition coefficient (Wildman–Crippen LogP) is 2.28. The third-order valence-corrected chi connectivity index (χ3v) is 2.57. The van der Waals surface area contributed by atoms with Crippen LogP contribution in [0.4, 0.5) is 0 Å². The molecule has 1 N–H and O–H groups in total. The second-order valence-electron chi connectivity index (χ2n) is 3.61. The molecule has 0 fully saturated rings. The van der Waals surface area contributed by atoms with Crippen molar-refractivity contribution >= 4 is 23.1 Å². The maximum atomic E-state index is 10.9. The van der Waals surface area contributed by atoms with E-state index in [9.17, 15) is 4.79 Å². The van der Waals surface area contributed by atoms with Gasteiger partial charge in [-0.3, -0.25) is 4.79 Å². The van der Waals surface area contributed by atoms with Crippen LogP contribution in [0.15, 0.2) is 24.4 Å². The fourth-order valence-corrected chi connectivity index (χ4v) is 1.65. The number of halogens is 1. The van der Waals surface area contributed by atoms with E-state index in [-0.39, 0.29) is 6.54 Å². The topological polar surface area (TPSA) is 62.1 Å². The van der Waals surface area contributed by atoms with E-state index >= 15 is 0 Å². The summed E-state index contributed by atoms with van der Waals surface area (Å²) in [6, 6.07) is 7.45. The Morgan fingerprint density at radius 1 is 1.61 bits per heavy atom. The molecule has 0 heterocycles. The van der Waals surface area contributed by atoms with Gasteiger partial charge < -0.3 is 10.1 Å². The van der Waals surface area contributed by atoms with Crippen LogP contribution in [0.1, 0.15) is 11.1 Å². The van der Waals surface area contributed by atoms with E-state index in [0.29, 0.717) is 16.2 Å². The number of carbonyl (C=O) groups is 1. The first-order valence-electron chi connectivity index (χ1n) is 5.25. The van der Waals surface area contributed by atoms with Gasteiger partial charge in [-0.05, 0) is 18.6 Å². The Balaban J connectivity index is 2.86. The lowest BCUT2D eigenvalue weighted by molar-refractivity contribution is -0.139. The third kappa shape index (κ3) is 3.79. The van der Waals surface area contributed by atoms with Gasteiger partial charge >= 0.3 is 5.97 Å². The van der Waals surface area contributed by atoms with Crippen LogP contribution < -0.4 is 5.32 Å². The van der Waals surface area contributed by atoms with Gasteiger partial charge in [0.15, 0.2) is 0 Å². The van der Waals surface area contributed by atoms with Crippen molar-refractivity contribution in [1.29, 1.82) is 5.26 Å². The van der Waals surface area contributed by atoms with Gasteiger partial charge in [-0.15, -0.1) is 0 Å². The van der Waals surface area contributed by atoms with E-state index in [2.05, 4.69) is 10.1 Å². The quantitative estimate of drug-likeness (QED) is 0.669. The smallest absolute Gasteiger partial charge is 0.325 e. The molecule has 0 unspecified atom stereocenters. The zero-order valence-corrected chi connectivity index (χ0v) is 10.9.